The van der Waals surface area contributed by atoms with Gasteiger partial charge in [-0.1, -0.05) is 6.07 Å². The normalized spacial score (nSPS) is 14.9. The summed E-state index contributed by atoms with van der Waals surface area (Å²) in [5.74, 6) is -1.16. The van der Waals surface area contributed by atoms with E-state index in [1.807, 2.05) is 47.1 Å². The molecule has 4 aromatic rings. The number of benzene rings is 3. The van der Waals surface area contributed by atoms with Gasteiger partial charge < -0.3 is 14.2 Å². The fraction of sp³-hybridized carbons (Fsp3) is 0.172. The third-order valence-corrected chi connectivity index (χ3v) is 6.57. The fourth-order valence-electron chi connectivity index (χ4n) is 4.74. The molecule has 0 saturated carbocycles. The van der Waals surface area contributed by atoms with Crippen molar-refractivity contribution in [2.24, 2.45) is 0 Å². The van der Waals surface area contributed by atoms with Crippen LogP contribution in [0.3, 0.4) is 0 Å². The second kappa shape index (κ2) is 9.11. The number of morpholine rings is 1. The lowest BCUT2D eigenvalue weighted by Gasteiger charge is -2.26. The van der Waals surface area contributed by atoms with Crippen molar-refractivity contribution >= 4 is 22.5 Å². The van der Waals surface area contributed by atoms with Gasteiger partial charge in [0.25, 0.3) is 5.91 Å². The summed E-state index contributed by atoms with van der Waals surface area (Å²) in [6, 6.07) is 17.3. The highest BCUT2D eigenvalue weighted by atomic mass is 19.2. The maximum Gasteiger partial charge on any atom is 0.254 e. The van der Waals surface area contributed by atoms with Crippen LogP contribution in [-0.2, 0) is 11.3 Å². The molecule has 0 spiro atoms. The number of imidazole rings is 1. The zero-order chi connectivity index (χ0) is 24.6. The molecule has 5 nitrogen and oxygen atoms in total. The quantitative estimate of drug-likeness (QED) is 0.385. The number of ether oxygens (including phenoxy) is 1. The van der Waals surface area contributed by atoms with E-state index in [1.54, 1.807) is 23.1 Å². The van der Waals surface area contributed by atoms with Gasteiger partial charge in [-0.2, -0.15) is 0 Å². The van der Waals surface area contributed by atoms with Crippen molar-refractivity contribution in [3.05, 3.63) is 119 Å². The molecule has 2 aliphatic rings. The number of aromatic nitrogens is 2. The number of fused-ring (bicyclic) bond motifs is 2. The molecule has 3 aromatic carbocycles. The lowest BCUT2D eigenvalue weighted by atomic mass is 9.95. The average Bonchev–Trinajstić information content (AvgIpc) is 3.27. The molecule has 0 atom stereocenters. The second-order valence-electron chi connectivity index (χ2n) is 8.82. The Balaban J connectivity index is 1.48. The summed E-state index contributed by atoms with van der Waals surface area (Å²) < 4.78 is 34.9. The van der Waals surface area contributed by atoms with Gasteiger partial charge in [-0.15, -0.1) is 0 Å². The molecule has 2 heterocycles. The van der Waals surface area contributed by atoms with Crippen molar-refractivity contribution in [1.29, 1.82) is 0 Å². The number of amides is 1. The first kappa shape index (κ1) is 22.3. The van der Waals surface area contributed by atoms with E-state index in [9.17, 15) is 13.6 Å². The van der Waals surface area contributed by atoms with Crippen molar-refractivity contribution < 1.29 is 18.3 Å². The third-order valence-electron chi connectivity index (χ3n) is 6.57. The first-order valence-corrected chi connectivity index (χ1v) is 11.8. The summed E-state index contributed by atoms with van der Waals surface area (Å²) in [7, 11) is 0. The summed E-state index contributed by atoms with van der Waals surface area (Å²) in [4.78, 5) is 19.8. The van der Waals surface area contributed by atoms with Gasteiger partial charge in [0.1, 0.15) is 5.57 Å². The van der Waals surface area contributed by atoms with Gasteiger partial charge >= 0.3 is 0 Å². The van der Waals surface area contributed by atoms with E-state index >= 15 is 0 Å². The Morgan fingerprint density at radius 2 is 1.83 bits per heavy atom. The predicted molar refractivity (Wildman–Crippen MR) is 132 cm³/mol. The van der Waals surface area contributed by atoms with Crippen LogP contribution in [0.15, 0.2) is 72.8 Å². The van der Waals surface area contributed by atoms with Crippen LogP contribution in [0.2, 0.25) is 0 Å². The van der Waals surface area contributed by atoms with Gasteiger partial charge in [-0.25, -0.2) is 13.8 Å². The molecule has 36 heavy (non-hydrogen) atoms. The molecule has 1 fully saturated rings. The van der Waals surface area contributed by atoms with E-state index in [2.05, 4.69) is 6.08 Å². The molecule has 1 aliphatic carbocycles. The Labute approximate surface area is 206 Å². The highest BCUT2D eigenvalue weighted by Crippen LogP contribution is 2.32. The number of nitrogens with zero attached hydrogens (tertiary/aromatic N) is 3. The number of allylic oxidation sites excluding steroid dienone is 2. The molecule has 0 radical (unpaired) electrons. The van der Waals surface area contributed by atoms with Gasteiger partial charge in [0.05, 0.1) is 35.9 Å². The summed E-state index contributed by atoms with van der Waals surface area (Å²) in [5.41, 5.74) is 5.43. The zero-order valence-corrected chi connectivity index (χ0v) is 19.4. The van der Waals surface area contributed by atoms with Crippen molar-refractivity contribution in [1.82, 2.24) is 14.5 Å². The van der Waals surface area contributed by atoms with Crippen LogP contribution in [-0.4, -0.2) is 46.7 Å². The molecule has 6 rings (SSSR count). The summed E-state index contributed by atoms with van der Waals surface area (Å²) in [6.45, 7) is 2.45. The second-order valence-corrected chi connectivity index (χ2v) is 8.82. The zero-order valence-electron chi connectivity index (χ0n) is 19.4. The average molecular weight is 483 g/mol. The van der Waals surface area contributed by atoms with Crippen LogP contribution in [0, 0.1) is 17.7 Å². The minimum absolute atomic E-state index is 0.0586. The maximum absolute atomic E-state index is 14.0. The Kier molecular flexibility index (Phi) is 5.64. The molecular weight excluding hydrogens is 460 g/mol. The standard InChI is InChI=1S/C29H22F2N3O2/c30-24-10-8-19(16-25(24)31)18-34-27-11-9-21(29(35)33-12-14-36-15-13-33)17-26(27)32-28(34)23-7-3-5-20-4-1-2-6-22(20)23/h1-4,6-11,16-17H,12-15,18H2/q+1. The molecular formula is C29H22F2N3O2+. The van der Waals surface area contributed by atoms with Crippen LogP contribution in [0.5, 0.6) is 0 Å². The molecule has 7 heteroatoms. The molecule has 1 saturated heterocycles. The van der Waals surface area contributed by atoms with Crippen LogP contribution in [0.1, 0.15) is 32.9 Å². The highest BCUT2D eigenvalue weighted by molar-refractivity contribution is 5.98. The third kappa shape index (κ3) is 3.98. The van der Waals surface area contributed by atoms with Crippen LogP contribution >= 0.6 is 0 Å². The minimum Gasteiger partial charge on any atom is -0.378 e. The Morgan fingerprint density at radius 3 is 2.67 bits per heavy atom. The lowest BCUT2D eigenvalue weighted by molar-refractivity contribution is 0.0303. The van der Waals surface area contributed by atoms with E-state index in [-0.39, 0.29) is 12.5 Å². The molecule has 0 N–H and O–H groups in total. The SMILES string of the molecule is O=C(c1ccc2c(c1)nc(C1=CC=[C+]c3ccccc31)n2Cc1ccc(F)c(F)c1)N1CCOCC1. The minimum atomic E-state index is -0.892. The first-order valence-electron chi connectivity index (χ1n) is 11.8. The smallest absolute Gasteiger partial charge is 0.254 e. The highest BCUT2D eigenvalue weighted by Gasteiger charge is 2.26. The predicted octanol–water partition coefficient (Wildman–Crippen LogP) is 4.99. The summed E-state index contributed by atoms with van der Waals surface area (Å²) >= 11 is 0. The Bertz CT molecular complexity index is 1550. The number of hydrogen-bond acceptors (Lipinski definition) is 3. The molecule has 0 bridgehead atoms. The maximum atomic E-state index is 14.0. The topological polar surface area (TPSA) is 47.4 Å². The fourth-order valence-corrected chi connectivity index (χ4v) is 4.74. The van der Waals surface area contributed by atoms with Crippen molar-refractivity contribution in [2.75, 3.05) is 26.3 Å². The monoisotopic (exact) mass is 482 g/mol. The van der Waals surface area contributed by atoms with Gasteiger partial charge in [-0.3, -0.25) is 4.79 Å². The Hall–Kier alpha value is -4.19. The number of hydrogen-bond donors (Lipinski definition) is 0. The van der Waals surface area contributed by atoms with Gasteiger partial charge in [0.2, 0.25) is 0 Å². The van der Waals surface area contributed by atoms with Gasteiger partial charge in [-0.05, 0) is 54.1 Å². The number of carbonyl (C=O) groups excluding carboxylic acids is 1. The van der Waals surface area contributed by atoms with E-state index in [4.69, 9.17) is 9.72 Å². The van der Waals surface area contributed by atoms with E-state index < -0.39 is 11.6 Å². The van der Waals surface area contributed by atoms with Crippen molar-refractivity contribution in [3.8, 4) is 0 Å². The molecule has 1 amide bonds. The van der Waals surface area contributed by atoms with Crippen LogP contribution in [0.4, 0.5) is 8.78 Å². The largest absolute Gasteiger partial charge is 0.378 e. The van der Waals surface area contributed by atoms with Crippen molar-refractivity contribution in [3.63, 3.8) is 0 Å². The molecule has 1 aliphatic heterocycles. The number of carbonyl (C=O) groups is 1. The molecule has 0 unspecified atom stereocenters. The number of rotatable bonds is 4. The van der Waals surface area contributed by atoms with E-state index in [0.29, 0.717) is 48.8 Å². The van der Waals surface area contributed by atoms with Gasteiger partial charge in [0.15, 0.2) is 23.0 Å². The van der Waals surface area contributed by atoms with Crippen LogP contribution in [0.25, 0.3) is 16.6 Å². The lowest BCUT2D eigenvalue weighted by Crippen LogP contribution is -2.40. The van der Waals surface area contributed by atoms with Crippen LogP contribution < -0.4 is 0 Å². The Morgan fingerprint density at radius 1 is 1.00 bits per heavy atom. The molecule has 178 valence electrons. The van der Waals surface area contributed by atoms with E-state index in [1.165, 1.54) is 6.07 Å². The molecule has 1 aromatic heterocycles. The van der Waals surface area contributed by atoms with E-state index in [0.717, 1.165) is 28.3 Å². The van der Waals surface area contributed by atoms with Gasteiger partial charge in [0, 0.05) is 43.4 Å². The summed E-state index contributed by atoms with van der Waals surface area (Å²) in [5, 5.41) is 0. The summed E-state index contributed by atoms with van der Waals surface area (Å²) in [6.07, 6.45) is 7.05. The number of halogens is 2. The first-order chi connectivity index (χ1) is 17.6. The van der Waals surface area contributed by atoms with Crippen molar-refractivity contribution in [2.45, 2.75) is 6.54 Å².